The largest absolute Gasteiger partial charge is 0.489 e. The molecule has 44 heavy (non-hydrogen) atoms. The molecule has 1 N–H and O–H groups in total. The molecular weight excluding hydrogens is 572 g/mol. The van der Waals surface area contributed by atoms with E-state index in [9.17, 15) is 24.4 Å². The number of nitrogens with zero attached hydrogens (tertiary/aromatic N) is 4. The Morgan fingerprint density at radius 3 is 2.45 bits per heavy atom. The minimum Gasteiger partial charge on any atom is -0.489 e. The number of hydrogen-bond donors (Lipinski definition) is 1. The molecular formula is C32H37F2N5O5. The Labute approximate surface area is 254 Å². The maximum Gasteiger partial charge on any atom is 0.266 e. The third-order valence-corrected chi connectivity index (χ3v) is 10.8. The van der Waals surface area contributed by atoms with E-state index in [1.165, 1.54) is 4.90 Å². The number of nitrogens with one attached hydrogen (secondary N) is 1. The normalized spacial score (nSPS) is 30.3. The molecule has 3 saturated heterocycles. The molecule has 234 valence electrons. The van der Waals surface area contributed by atoms with Gasteiger partial charge in [-0.25, -0.2) is 8.78 Å². The smallest absolute Gasteiger partial charge is 0.266 e. The van der Waals surface area contributed by atoms with Crippen molar-refractivity contribution < 1.29 is 32.7 Å². The van der Waals surface area contributed by atoms with Gasteiger partial charge in [-0.05, 0) is 80.5 Å². The van der Waals surface area contributed by atoms with Crippen molar-refractivity contribution in [2.45, 2.75) is 88.4 Å². The molecule has 2 aliphatic carbocycles. The molecule has 0 aromatic heterocycles. The number of halogens is 2. The molecule has 1 unspecified atom stereocenters. The highest BCUT2D eigenvalue weighted by molar-refractivity contribution is 6.05. The van der Waals surface area contributed by atoms with Gasteiger partial charge in [-0.15, -0.1) is 0 Å². The third kappa shape index (κ3) is 5.03. The first-order chi connectivity index (χ1) is 21.1. The first-order valence-electron chi connectivity index (χ1n) is 15.9. The van der Waals surface area contributed by atoms with E-state index in [4.69, 9.17) is 4.74 Å². The standard InChI is InChI=1S/C32H37F2N5O5/c33-32(34)9-1-2-25(27(32)38-15-21(16-38)19-7-12-37(13-8-19)30(43)31(18-35)10-11-31)44-22-3-4-23-20(14-22)17-39(29(23)42)24-5-6-26(40)36-28(24)41/h3-4,14,19,21,24-25,27H,1-2,5-13,15-17H2,(H,36,40,41)/t24?,25-,27-/m1/s1. The molecule has 3 atom stereocenters. The van der Waals surface area contributed by atoms with E-state index in [1.807, 2.05) is 9.80 Å². The van der Waals surface area contributed by atoms with E-state index in [1.54, 1.807) is 18.2 Å². The molecule has 5 fully saturated rings. The zero-order chi connectivity index (χ0) is 30.8. The highest BCUT2D eigenvalue weighted by atomic mass is 19.3. The van der Waals surface area contributed by atoms with E-state index in [0.29, 0.717) is 80.6 Å². The summed E-state index contributed by atoms with van der Waals surface area (Å²) in [5.74, 6) is -2.98. The summed E-state index contributed by atoms with van der Waals surface area (Å²) in [6, 6.07) is 5.40. The van der Waals surface area contributed by atoms with Gasteiger partial charge >= 0.3 is 0 Å². The van der Waals surface area contributed by atoms with Crippen molar-refractivity contribution in [3.8, 4) is 11.8 Å². The molecule has 0 radical (unpaired) electrons. The molecule has 10 nitrogen and oxygen atoms in total. The second-order valence-corrected chi connectivity index (χ2v) is 13.5. The highest BCUT2D eigenvalue weighted by Gasteiger charge is 2.56. The Morgan fingerprint density at radius 2 is 1.77 bits per heavy atom. The van der Waals surface area contributed by atoms with E-state index in [0.717, 1.165) is 12.8 Å². The van der Waals surface area contributed by atoms with Gasteiger partial charge in [0.25, 0.3) is 11.8 Å². The predicted molar refractivity (Wildman–Crippen MR) is 151 cm³/mol. The van der Waals surface area contributed by atoms with Crippen molar-refractivity contribution in [1.29, 1.82) is 5.26 Å². The fraction of sp³-hybridized carbons (Fsp3) is 0.656. The lowest BCUT2D eigenvalue weighted by molar-refractivity contribution is -0.172. The maximum atomic E-state index is 15.4. The van der Waals surface area contributed by atoms with Crippen LogP contribution in [0.25, 0.3) is 0 Å². The highest BCUT2D eigenvalue weighted by Crippen LogP contribution is 2.48. The minimum atomic E-state index is -2.89. The minimum absolute atomic E-state index is 0.0462. The number of amides is 4. The van der Waals surface area contributed by atoms with Gasteiger partial charge in [-0.1, -0.05) is 0 Å². The summed E-state index contributed by atoms with van der Waals surface area (Å²) in [5, 5.41) is 11.7. The van der Waals surface area contributed by atoms with E-state index < -0.39 is 35.4 Å². The van der Waals surface area contributed by atoms with Gasteiger partial charge in [0.05, 0.1) is 6.07 Å². The topological polar surface area (TPSA) is 123 Å². The number of alkyl halides is 2. The number of ether oxygens (including phenoxy) is 1. The third-order valence-electron chi connectivity index (χ3n) is 10.8. The monoisotopic (exact) mass is 609 g/mol. The van der Waals surface area contributed by atoms with Gasteiger partial charge in [-0.3, -0.25) is 29.4 Å². The van der Waals surface area contributed by atoms with Gasteiger partial charge in [-0.2, -0.15) is 5.26 Å². The number of carbonyl (C=O) groups is 4. The lowest BCUT2D eigenvalue weighted by atomic mass is 9.76. The predicted octanol–water partition coefficient (Wildman–Crippen LogP) is 2.86. The SMILES string of the molecule is N#CC1(C(=O)N2CCC(C3CN([C@@H]4[C@H](Oc5ccc6c(c5)CN(C5CCC(=O)NC5=O)C6=O)CCCC4(F)F)C3)CC2)CC1. The van der Waals surface area contributed by atoms with Crippen LogP contribution in [0.1, 0.15) is 73.7 Å². The van der Waals surface area contributed by atoms with Crippen LogP contribution in [0.4, 0.5) is 8.78 Å². The van der Waals surface area contributed by atoms with E-state index in [2.05, 4.69) is 11.4 Å². The first kappa shape index (κ1) is 29.1. The summed E-state index contributed by atoms with van der Waals surface area (Å²) in [6.07, 6.45) is 3.35. The van der Waals surface area contributed by atoms with E-state index >= 15 is 8.78 Å². The van der Waals surface area contributed by atoms with Crippen LogP contribution in [-0.2, 0) is 20.9 Å². The average Bonchev–Trinajstić information content (AvgIpc) is 3.71. The van der Waals surface area contributed by atoms with Crippen LogP contribution < -0.4 is 10.1 Å². The number of piperidine rings is 2. The summed E-state index contributed by atoms with van der Waals surface area (Å²) in [7, 11) is 0. The number of carbonyl (C=O) groups excluding carboxylic acids is 4. The van der Waals surface area contributed by atoms with Gasteiger partial charge in [0.2, 0.25) is 17.7 Å². The lowest BCUT2D eigenvalue weighted by Crippen LogP contribution is -2.66. The van der Waals surface area contributed by atoms with Gasteiger partial charge in [0, 0.05) is 51.1 Å². The van der Waals surface area contributed by atoms with Crippen LogP contribution in [0, 0.1) is 28.6 Å². The molecule has 0 spiro atoms. The van der Waals surface area contributed by atoms with Crippen LogP contribution in [-0.4, -0.2) is 88.6 Å². The molecule has 0 bridgehead atoms. The molecule has 12 heteroatoms. The van der Waals surface area contributed by atoms with Crippen molar-refractivity contribution in [2.75, 3.05) is 26.2 Å². The summed E-state index contributed by atoms with van der Waals surface area (Å²) in [6.45, 7) is 2.58. The summed E-state index contributed by atoms with van der Waals surface area (Å²) < 4.78 is 37.1. The first-order valence-corrected chi connectivity index (χ1v) is 15.9. The second kappa shape index (κ2) is 10.8. The van der Waals surface area contributed by atoms with Gasteiger partial charge < -0.3 is 14.5 Å². The van der Waals surface area contributed by atoms with E-state index in [-0.39, 0.29) is 43.5 Å². The van der Waals surface area contributed by atoms with Crippen LogP contribution >= 0.6 is 0 Å². The van der Waals surface area contributed by atoms with Crippen LogP contribution in [0.15, 0.2) is 18.2 Å². The summed E-state index contributed by atoms with van der Waals surface area (Å²) in [4.78, 5) is 54.9. The Balaban J connectivity index is 0.977. The molecule has 1 aromatic carbocycles. The van der Waals surface area contributed by atoms with Gasteiger partial charge in [0.15, 0.2) is 0 Å². The summed E-state index contributed by atoms with van der Waals surface area (Å²) >= 11 is 0. The molecule has 6 aliphatic rings. The van der Waals surface area contributed by atoms with Gasteiger partial charge in [0.1, 0.15) is 29.4 Å². The number of hydrogen-bond acceptors (Lipinski definition) is 7. The number of imide groups is 1. The van der Waals surface area contributed by atoms with Crippen molar-refractivity contribution in [1.82, 2.24) is 20.0 Å². The van der Waals surface area contributed by atoms with Crippen LogP contribution in [0.3, 0.4) is 0 Å². The molecule has 1 aromatic rings. The van der Waals surface area contributed by atoms with Crippen molar-refractivity contribution in [2.24, 2.45) is 17.3 Å². The molecule has 2 saturated carbocycles. The number of likely N-dealkylation sites (tertiary alicyclic amines) is 2. The molecule has 4 amide bonds. The maximum absolute atomic E-state index is 15.4. The second-order valence-electron chi connectivity index (χ2n) is 13.5. The van der Waals surface area contributed by atoms with Crippen molar-refractivity contribution >= 4 is 23.6 Å². The Kier molecular flexibility index (Phi) is 7.15. The van der Waals surface area contributed by atoms with Crippen LogP contribution in [0.2, 0.25) is 0 Å². The number of fused-ring (bicyclic) bond motifs is 1. The molecule has 4 heterocycles. The van der Waals surface area contributed by atoms with Crippen molar-refractivity contribution in [3.05, 3.63) is 29.3 Å². The number of nitriles is 1. The summed E-state index contributed by atoms with van der Waals surface area (Å²) in [5.41, 5.74) is 0.321. The zero-order valence-electron chi connectivity index (χ0n) is 24.6. The Morgan fingerprint density at radius 1 is 1.02 bits per heavy atom. The number of rotatable bonds is 6. The fourth-order valence-electron chi connectivity index (χ4n) is 7.99. The molecule has 4 aliphatic heterocycles. The average molecular weight is 610 g/mol. The molecule has 7 rings (SSSR count). The lowest BCUT2D eigenvalue weighted by Gasteiger charge is -2.53. The number of benzene rings is 1. The Hall–Kier alpha value is -3.59. The Bertz CT molecular complexity index is 1430. The quantitative estimate of drug-likeness (QED) is 0.492. The van der Waals surface area contributed by atoms with Crippen molar-refractivity contribution in [3.63, 3.8) is 0 Å². The zero-order valence-corrected chi connectivity index (χ0v) is 24.6. The van der Waals surface area contributed by atoms with Crippen LogP contribution in [0.5, 0.6) is 5.75 Å². The fourth-order valence-corrected chi connectivity index (χ4v) is 7.99.